The van der Waals surface area contributed by atoms with E-state index < -0.39 is 65.7 Å². The van der Waals surface area contributed by atoms with E-state index in [0.29, 0.717) is 76.0 Å². The Morgan fingerprint density at radius 3 is 1.57 bits per heavy atom. The highest BCUT2D eigenvalue weighted by Gasteiger charge is 2.32. The third kappa shape index (κ3) is 35.4. The van der Waals surface area contributed by atoms with Crippen molar-refractivity contribution in [3.05, 3.63) is 143 Å². The molecule has 25 heteroatoms. The second-order valence-corrected chi connectivity index (χ2v) is 27.0. The number of hydrogen-bond donors (Lipinski definition) is 10. The quantitative estimate of drug-likeness (QED) is 0.0149. The molecule has 0 saturated carbocycles. The van der Waals surface area contributed by atoms with Crippen molar-refractivity contribution in [3.8, 4) is 0 Å². The Labute approximate surface area is 598 Å². The smallest absolute Gasteiger partial charge is 0.317 e. The number of Topliss-reactive ketones (excluding diaryl/α,β-unsaturated/α-hetero) is 3. The van der Waals surface area contributed by atoms with E-state index in [9.17, 15) is 73.2 Å². The molecular formula is C76H104N8O16S. The third-order valence-corrected chi connectivity index (χ3v) is 18.3. The summed E-state index contributed by atoms with van der Waals surface area (Å²) in [5.74, 6) is -8.06. The lowest BCUT2D eigenvalue weighted by Gasteiger charge is -2.33. The first kappa shape index (κ1) is 82.9. The number of aliphatic carboxylic acids is 5. The summed E-state index contributed by atoms with van der Waals surface area (Å²) in [5.41, 5.74) is 4.16. The zero-order valence-corrected chi connectivity index (χ0v) is 59.1. The molecule has 1 fully saturated rings. The van der Waals surface area contributed by atoms with Gasteiger partial charge in [-0.2, -0.15) is 0 Å². The van der Waals surface area contributed by atoms with Crippen molar-refractivity contribution in [2.24, 2.45) is 11.8 Å². The molecule has 24 nitrogen and oxygen atoms in total. The van der Waals surface area contributed by atoms with Crippen LogP contribution in [0.1, 0.15) is 150 Å². The molecule has 10 N–H and O–H groups in total. The minimum atomic E-state index is -1.07. The van der Waals surface area contributed by atoms with Crippen LogP contribution in [0.4, 0.5) is 4.79 Å². The molecule has 1 aliphatic heterocycles. The van der Waals surface area contributed by atoms with Gasteiger partial charge in [0, 0.05) is 109 Å². The van der Waals surface area contributed by atoms with E-state index in [2.05, 4.69) is 26.6 Å². The number of rotatable bonds is 49. The lowest BCUT2D eigenvalue weighted by molar-refractivity contribution is -0.144. The fourth-order valence-electron chi connectivity index (χ4n) is 12.5. The van der Waals surface area contributed by atoms with Crippen LogP contribution in [0, 0.1) is 11.8 Å². The molecule has 1 saturated heterocycles. The van der Waals surface area contributed by atoms with Gasteiger partial charge in [0.15, 0.2) is 11.6 Å². The minimum Gasteiger partial charge on any atom is -0.481 e. The molecule has 0 aliphatic carbocycles. The second kappa shape index (κ2) is 46.6. The molecule has 0 radical (unpaired) electrons. The largest absolute Gasteiger partial charge is 0.481 e. The number of carboxylic acids is 5. The normalized spacial score (nSPS) is 15.2. The van der Waals surface area contributed by atoms with Crippen molar-refractivity contribution in [1.82, 2.24) is 41.3 Å². The Kier molecular flexibility index (Phi) is 38.2. The fourth-order valence-corrected chi connectivity index (χ4v) is 12.8. The molecular weight excluding hydrogens is 1310 g/mol. The van der Waals surface area contributed by atoms with Crippen LogP contribution in [0.25, 0.3) is 0 Å². The van der Waals surface area contributed by atoms with Gasteiger partial charge in [0.1, 0.15) is 5.78 Å². The van der Waals surface area contributed by atoms with Crippen molar-refractivity contribution in [1.29, 1.82) is 0 Å². The third-order valence-electron chi connectivity index (χ3n) is 18.0. The molecule has 4 amide bonds. The maximum Gasteiger partial charge on any atom is 0.317 e. The van der Waals surface area contributed by atoms with Crippen LogP contribution in [-0.4, -0.2) is 200 Å². The topological polar surface area (TPSA) is 359 Å². The summed E-state index contributed by atoms with van der Waals surface area (Å²) in [6.45, 7) is 3.16. The van der Waals surface area contributed by atoms with E-state index in [4.69, 9.17) is 17.3 Å². The number of urea groups is 1. The van der Waals surface area contributed by atoms with Crippen LogP contribution in [0.15, 0.2) is 115 Å². The number of nitrogens with one attached hydrogen (secondary N) is 5. The Bertz CT molecular complexity index is 3270. The molecule has 1 aliphatic rings. The summed E-state index contributed by atoms with van der Waals surface area (Å²) in [6, 6.07) is 32.8. The van der Waals surface area contributed by atoms with Crippen LogP contribution in [-0.2, 0) is 80.0 Å². The number of carboxylic acid groups (broad SMARTS) is 5. The molecule has 4 aromatic carbocycles. The van der Waals surface area contributed by atoms with Gasteiger partial charge in [-0.25, -0.2) is 4.79 Å². The number of unbranched alkanes of at least 4 members (excludes halogenated alkanes) is 7. The highest BCUT2D eigenvalue weighted by atomic mass is 32.1. The van der Waals surface area contributed by atoms with E-state index in [0.717, 1.165) is 59.9 Å². The molecule has 6 atom stereocenters. The molecule has 550 valence electrons. The number of benzene rings is 4. The maximum atomic E-state index is 14.9. The molecule has 101 heavy (non-hydrogen) atoms. The van der Waals surface area contributed by atoms with Crippen molar-refractivity contribution in [2.75, 3.05) is 65.4 Å². The molecule has 5 unspecified atom stereocenters. The van der Waals surface area contributed by atoms with Crippen molar-refractivity contribution >= 4 is 82.2 Å². The predicted octanol–water partition coefficient (Wildman–Crippen LogP) is 7.75. The zero-order valence-electron chi connectivity index (χ0n) is 58.2. The average Bonchev–Trinajstić information content (AvgIpc) is 1.64. The first-order valence-electron chi connectivity index (χ1n) is 35.4. The van der Waals surface area contributed by atoms with E-state index in [1.807, 2.05) is 115 Å². The molecule has 0 bridgehead atoms. The number of thiocarbonyl (C=S) groups is 1. The second-order valence-electron chi connectivity index (χ2n) is 26.5. The Hall–Kier alpha value is -8.78. The monoisotopic (exact) mass is 1420 g/mol. The lowest BCUT2D eigenvalue weighted by Crippen LogP contribution is -2.49. The van der Waals surface area contributed by atoms with Crippen LogP contribution >= 0.6 is 12.2 Å². The van der Waals surface area contributed by atoms with Crippen LogP contribution < -0.4 is 26.6 Å². The van der Waals surface area contributed by atoms with Crippen LogP contribution in [0.3, 0.4) is 0 Å². The molecule has 5 rings (SSSR count). The maximum absolute atomic E-state index is 14.9. The number of carbonyl (C=O) groups excluding carboxylic acids is 6. The van der Waals surface area contributed by atoms with Gasteiger partial charge in [-0.3, -0.25) is 62.6 Å². The number of hydrogen-bond acceptors (Lipinski definition) is 15. The van der Waals surface area contributed by atoms with Gasteiger partial charge in [-0.15, -0.1) is 0 Å². The summed E-state index contributed by atoms with van der Waals surface area (Å²) in [4.78, 5) is 146. The lowest BCUT2D eigenvalue weighted by atomic mass is 9.88. The number of amides is 4. The van der Waals surface area contributed by atoms with Gasteiger partial charge in [0.2, 0.25) is 11.8 Å². The summed E-state index contributed by atoms with van der Waals surface area (Å²) >= 11 is 5.96. The average molecular weight is 1420 g/mol. The zero-order chi connectivity index (χ0) is 73.3. The van der Waals surface area contributed by atoms with Crippen molar-refractivity contribution in [3.63, 3.8) is 0 Å². The van der Waals surface area contributed by atoms with Gasteiger partial charge in [-0.1, -0.05) is 153 Å². The Morgan fingerprint density at radius 1 is 0.465 bits per heavy atom. The summed E-state index contributed by atoms with van der Waals surface area (Å²) in [6.07, 6.45) is 8.61. The summed E-state index contributed by atoms with van der Waals surface area (Å²) in [7, 11) is 0. The van der Waals surface area contributed by atoms with E-state index >= 15 is 0 Å². The number of ketones is 3. The van der Waals surface area contributed by atoms with Gasteiger partial charge in [0.05, 0.1) is 42.6 Å². The Morgan fingerprint density at radius 2 is 0.980 bits per heavy atom. The Balaban J connectivity index is 1.13. The van der Waals surface area contributed by atoms with Gasteiger partial charge in [-0.05, 0) is 112 Å². The molecule has 0 spiro atoms. The van der Waals surface area contributed by atoms with Crippen LogP contribution in [0.2, 0.25) is 0 Å². The van der Waals surface area contributed by atoms with Gasteiger partial charge < -0.3 is 52.1 Å². The molecule has 0 aromatic heterocycles. The minimum absolute atomic E-state index is 0.0224. The number of carbonyl (C=O) groups is 11. The van der Waals surface area contributed by atoms with Crippen LogP contribution in [0.5, 0.6) is 0 Å². The molecule has 1 heterocycles. The van der Waals surface area contributed by atoms with Gasteiger partial charge in [0.25, 0.3) is 0 Å². The highest BCUT2D eigenvalue weighted by molar-refractivity contribution is 7.80. The fraction of sp³-hybridized carbons (Fsp3) is 0.526. The number of nitrogens with zero attached hydrogens (tertiary/aromatic N) is 3. The summed E-state index contributed by atoms with van der Waals surface area (Å²) in [5, 5.41) is 62.8. The highest BCUT2D eigenvalue weighted by Crippen LogP contribution is 2.22. The van der Waals surface area contributed by atoms with Crippen molar-refractivity contribution in [2.45, 2.75) is 179 Å². The van der Waals surface area contributed by atoms with E-state index in [1.165, 1.54) is 0 Å². The van der Waals surface area contributed by atoms with Crippen molar-refractivity contribution < 1.29 is 78.3 Å². The predicted molar refractivity (Wildman–Crippen MR) is 386 cm³/mol. The molecule has 4 aromatic rings. The van der Waals surface area contributed by atoms with Gasteiger partial charge >= 0.3 is 35.9 Å². The summed E-state index contributed by atoms with van der Waals surface area (Å²) < 4.78 is 0. The first-order chi connectivity index (χ1) is 48.5. The SMILES string of the molecule is C[C@H](CCC(=O)O)NC(=O)NCCCCCNC(=O)CCCCCCC(=O)CC(CCCCCC(=O)C(Cc1ccccc1)NC(=O)C(CC(=O)C(Cc1ccccc1)NC(=S)Cc1ccc(CC2CN(CC(=O)O)CCN(CC(=O)O)CCN2CC(=O)O)cc1)Cc1ccccc1)C(=O)O. The van der Waals surface area contributed by atoms with E-state index in [-0.39, 0.29) is 145 Å². The standard InChI is InChI=1S/C76H104N8O16S/c1-54(31-36-70(89)90)79-76(100)78-38-20-8-19-37-77-68(88)30-18-3-2-16-28-63(85)48-60(75(98)99)27-15-7-17-29-66(86)64(45-56-23-11-5-12-24-56)81-74(97)61(43-55-21-9-4-10-22-55)49-67(87)65(46-57-25-13-6-14-26-57)80-69(101)47-59-34-32-58(33-35-59)44-62-50-83(52-72(93)94)40-39-82(51-71(91)92)41-42-84(62)53-73(95)96/h4-6,9-14,21-26,32-35,54,60-62,64-65H,2-3,7-8,15-20,27-31,36-53H2,1H3,(H,77,88)(H,80,101)(H,81,97)(H,89,90)(H,91,92)(H,93,94)(H,95,96)(H,98,99)(H2,78,79,100)/t54-,60?,61?,62?,64?,65?/m1/s1. The van der Waals surface area contributed by atoms with E-state index in [1.54, 1.807) is 21.6 Å². The first-order valence-corrected chi connectivity index (χ1v) is 35.8.